The van der Waals surface area contributed by atoms with Crippen molar-refractivity contribution in [3.63, 3.8) is 0 Å². The Balaban J connectivity index is 4.40. The molecular weight excluding hydrogens is 202 g/mol. The first-order valence-electron chi connectivity index (χ1n) is 6.47. The Morgan fingerprint density at radius 2 is 1.19 bits per heavy atom. The van der Waals surface area contributed by atoms with Crippen LogP contribution in [0.1, 0.15) is 41.5 Å². The average Bonchev–Trinajstić information content (AvgIpc) is 2.20. The second-order valence-electron chi connectivity index (χ2n) is 4.61. The lowest BCUT2D eigenvalue weighted by molar-refractivity contribution is -0.0147. The topological polar surface area (TPSA) is 21.7 Å². The molecule has 0 saturated heterocycles. The predicted molar refractivity (Wildman–Crippen MR) is 68.9 cm³/mol. The van der Waals surface area contributed by atoms with Crippen molar-refractivity contribution in [1.82, 2.24) is 4.90 Å². The van der Waals surface area contributed by atoms with Gasteiger partial charge in [0, 0.05) is 25.3 Å². The summed E-state index contributed by atoms with van der Waals surface area (Å²) in [7, 11) is 0. The molecule has 16 heavy (non-hydrogen) atoms. The molecule has 0 spiro atoms. The van der Waals surface area contributed by atoms with Gasteiger partial charge < -0.3 is 9.47 Å². The van der Waals surface area contributed by atoms with E-state index in [0.29, 0.717) is 18.1 Å². The smallest absolute Gasteiger partial charge is 0.0644 e. The zero-order chi connectivity index (χ0) is 12.6. The van der Waals surface area contributed by atoms with E-state index in [2.05, 4.69) is 32.6 Å². The molecule has 0 rings (SSSR count). The third kappa shape index (κ3) is 5.83. The van der Waals surface area contributed by atoms with E-state index in [9.17, 15) is 0 Å². The SMILES string of the molecule is CCOCC(COCC)N(C(C)C)C(C)C. The van der Waals surface area contributed by atoms with Crippen LogP contribution >= 0.6 is 0 Å². The number of hydrogen-bond acceptors (Lipinski definition) is 3. The minimum Gasteiger partial charge on any atom is -0.380 e. The summed E-state index contributed by atoms with van der Waals surface area (Å²) in [5.41, 5.74) is 0. The van der Waals surface area contributed by atoms with E-state index in [0.717, 1.165) is 26.4 Å². The molecule has 0 N–H and O–H groups in total. The Bertz CT molecular complexity index is 144. The number of ether oxygens (including phenoxy) is 2. The molecule has 0 aliphatic rings. The third-order valence-corrected chi connectivity index (χ3v) is 2.64. The van der Waals surface area contributed by atoms with Gasteiger partial charge in [-0.05, 0) is 41.5 Å². The van der Waals surface area contributed by atoms with Crippen molar-refractivity contribution in [3.05, 3.63) is 0 Å². The van der Waals surface area contributed by atoms with Crippen molar-refractivity contribution in [2.45, 2.75) is 59.7 Å². The Kier molecular flexibility index (Phi) is 8.90. The minimum atomic E-state index is 0.361. The summed E-state index contributed by atoms with van der Waals surface area (Å²) in [6, 6.07) is 1.40. The van der Waals surface area contributed by atoms with E-state index in [1.165, 1.54) is 0 Å². The fourth-order valence-corrected chi connectivity index (χ4v) is 2.17. The molecule has 0 fully saturated rings. The Labute approximate surface area is 101 Å². The fourth-order valence-electron chi connectivity index (χ4n) is 2.17. The standard InChI is InChI=1S/C13H29NO2/c1-7-15-9-13(10-16-8-2)14(11(3)4)12(5)6/h11-13H,7-10H2,1-6H3. The van der Waals surface area contributed by atoms with Gasteiger partial charge in [-0.1, -0.05) is 0 Å². The van der Waals surface area contributed by atoms with Crippen LogP contribution in [0, 0.1) is 0 Å². The monoisotopic (exact) mass is 231 g/mol. The van der Waals surface area contributed by atoms with Crippen LogP contribution in [0.25, 0.3) is 0 Å². The van der Waals surface area contributed by atoms with Crippen LogP contribution in [0.15, 0.2) is 0 Å². The second-order valence-corrected chi connectivity index (χ2v) is 4.61. The molecule has 3 nitrogen and oxygen atoms in total. The van der Waals surface area contributed by atoms with Crippen LogP contribution < -0.4 is 0 Å². The fraction of sp³-hybridized carbons (Fsp3) is 1.00. The van der Waals surface area contributed by atoms with Gasteiger partial charge in [-0.25, -0.2) is 0 Å². The first-order valence-corrected chi connectivity index (χ1v) is 6.47. The van der Waals surface area contributed by atoms with Crippen LogP contribution in [0.5, 0.6) is 0 Å². The number of hydrogen-bond donors (Lipinski definition) is 0. The van der Waals surface area contributed by atoms with Gasteiger partial charge in [-0.15, -0.1) is 0 Å². The first kappa shape index (κ1) is 15.9. The molecule has 98 valence electrons. The number of nitrogens with zero attached hydrogens (tertiary/aromatic N) is 1. The van der Waals surface area contributed by atoms with E-state index in [1.54, 1.807) is 0 Å². The maximum Gasteiger partial charge on any atom is 0.0644 e. The molecule has 0 heterocycles. The normalized spacial score (nSPS) is 12.4. The van der Waals surface area contributed by atoms with Gasteiger partial charge in [-0.3, -0.25) is 4.90 Å². The highest BCUT2D eigenvalue weighted by atomic mass is 16.5. The maximum absolute atomic E-state index is 5.55. The molecular formula is C13H29NO2. The van der Waals surface area contributed by atoms with Gasteiger partial charge in [0.2, 0.25) is 0 Å². The zero-order valence-electron chi connectivity index (χ0n) is 11.8. The van der Waals surface area contributed by atoms with Gasteiger partial charge in [0.15, 0.2) is 0 Å². The predicted octanol–water partition coefficient (Wildman–Crippen LogP) is 2.55. The van der Waals surface area contributed by atoms with E-state index in [-0.39, 0.29) is 0 Å². The van der Waals surface area contributed by atoms with Crippen LogP contribution in [0.3, 0.4) is 0 Å². The summed E-state index contributed by atoms with van der Waals surface area (Å²) in [5, 5.41) is 0. The van der Waals surface area contributed by atoms with Crippen molar-refractivity contribution >= 4 is 0 Å². The second kappa shape index (κ2) is 8.97. The molecule has 0 aromatic carbocycles. The Morgan fingerprint density at radius 1 is 0.812 bits per heavy atom. The van der Waals surface area contributed by atoms with Crippen molar-refractivity contribution in [1.29, 1.82) is 0 Å². The van der Waals surface area contributed by atoms with E-state index in [1.807, 2.05) is 13.8 Å². The average molecular weight is 231 g/mol. The summed E-state index contributed by atoms with van der Waals surface area (Å²) >= 11 is 0. The van der Waals surface area contributed by atoms with Gasteiger partial charge >= 0.3 is 0 Å². The molecule has 0 aliphatic carbocycles. The summed E-state index contributed by atoms with van der Waals surface area (Å²) in [6.45, 7) is 16.0. The molecule has 0 amide bonds. The molecule has 0 aromatic rings. The summed E-state index contributed by atoms with van der Waals surface area (Å²) < 4.78 is 11.1. The Hall–Kier alpha value is -0.120. The van der Waals surface area contributed by atoms with Crippen molar-refractivity contribution in [2.75, 3.05) is 26.4 Å². The van der Waals surface area contributed by atoms with Gasteiger partial charge in [0.05, 0.1) is 19.3 Å². The lowest BCUT2D eigenvalue weighted by Gasteiger charge is -2.37. The molecule has 0 aliphatic heterocycles. The lowest BCUT2D eigenvalue weighted by atomic mass is 10.1. The molecule has 0 saturated carbocycles. The molecule has 0 bridgehead atoms. The highest BCUT2D eigenvalue weighted by molar-refractivity contribution is 4.77. The molecule has 0 unspecified atom stereocenters. The minimum absolute atomic E-state index is 0.361. The van der Waals surface area contributed by atoms with Crippen molar-refractivity contribution in [3.8, 4) is 0 Å². The van der Waals surface area contributed by atoms with Gasteiger partial charge in [-0.2, -0.15) is 0 Å². The lowest BCUT2D eigenvalue weighted by Crippen LogP contribution is -2.49. The summed E-state index contributed by atoms with van der Waals surface area (Å²) in [4.78, 5) is 2.46. The van der Waals surface area contributed by atoms with E-state index >= 15 is 0 Å². The van der Waals surface area contributed by atoms with Crippen LogP contribution in [-0.4, -0.2) is 49.5 Å². The first-order chi connectivity index (χ1) is 7.54. The highest BCUT2D eigenvalue weighted by Gasteiger charge is 2.23. The largest absolute Gasteiger partial charge is 0.380 e. The van der Waals surface area contributed by atoms with Crippen LogP contribution in [-0.2, 0) is 9.47 Å². The maximum atomic E-state index is 5.55. The molecule has 0 aromatic heterocycles. The number of rotatable bonds is 9. The quantitative estimate of drug-likeness (QED) is 0.609. The van der Waals surface area contributed by atoms with Gasteiger partial charge in [0.1, 0.15) is 0 Å². The van der Waals surface area contributed by atoms with Crippen LogP contribution in [0.2, 0.25) is 0 Å². The molecule has 0 radical (unpaired) electrons. The highest BCUT2D eigenvalue weighted by Crippen LogP contribution is 2.12. The van der Waals surface area contributed by atoms with Crippen LogP contribution in [0.4, 0.5) is 0 Å². The third-order valence-electron chi connectivity index (χ3n) is 2.64. The Morgan fingerprint density at radius 3 is 1.44 bits per heavy atom. The van der Waals surface area contributed by atoms with Gasteiger partial charge in [0.25, 0.3) is 0 Å². The summed E-state index contributed by atoms with van der Waals surface area (Å²) in [5.74, 6) is 0. The van der Waals surface area contributed by atoms with E-state index in [4.69, 9.17) is 9.47 Å². The molecule has 0 atom stereocenters. The summed E-state index contributed by atoms with van der Waals surface area (Å²) in [6.07, 6.45) is 0. The zero-order valence-corrected chi connectivity index (χ0v) is 11.8. The molecule has 3 heteroatoms. The van der Waals surface area contributed by atoms with E-state index < -0.39 is 0 Å². The van der Waals surface area contributed by atoms with Crippen molar-refractivity contribution in [2.24, 2.45) is 0 Å². The van der Waals surface area contributed by atoms with Crippen molar-refractivity contribution < 1.29 is 9.47 Å².